The highest BCUT2D eigenvalue weighted by Gasteiger charge is 1.87. The first-order valence-corrected chi connectivity index (χ1v) is 4.38. The Morgan fingerprint density at radius 1 is 1.27 bits per heavy atom. The van der Waals surface area contributed by atoms with Crippen LogP contribution in [-0.4, -0.2) is 12.3 Å². The van der Waals surface area contributed by atoms with Gasteiger partial charge in [0.05, 0.1) is 0 Å². The molecule has 0 spiro atoms. The summed E-state index contributed by atoms with van der Waals surface area (Å²) in [6, 6.07) is 0. The molecule has 2 N–H and O–H groups in total. The van der Waals surface area contributed by atoms with Crippen molar-refractivity contribution in [3.05, 3.63) is 0 Å². The Bertz CT molecular complexity index is 79.6. The standard InChI is InChI=1S/C6H12O.C3H9N/c1-3-4-5-6(2)7;1-2-3-4/h3-5H2,1-2H3;2-4H2,1H3. The summed E-state index contributed by atoms with van der Waals surface area (Å²) in [6.07, 6.45) is 4.03. The van der Waals surface area contributed by atoms with Gasteiger partial charge in [0.25, 0.3) is 0 Å². The fraction of sp³-hybridized carbons (Fsp3) is 0.889. The van der Waals surface area contributed by atoms with E-state index in [2.05, 4.69) is 13.8 Å². The third-order valence-corrected chi connectivity index (χ3v) is 1.17. The Balaban J connectivity index is 0. The van der Waals surface area contributed by atoms with Gasteiger partial charge in [-0.15, -0.1) is 0 Å². The number of ketones is 1. The van der Waals surface area contributed by atoms with E-state index in [-0.39, 0.29) is 0 Å². The van der Waals surface area contributed by atoms with E-state index in [0.717, 1.165) is 32.2 Å². The minimum absolute atomic E-state index is 0.307. The van der Waals surface area contributed by atoms with Crippen LogP contribution in [0.15, 0.2) is 0 Å². The quantitative estimate of drug-likeness (QED) is 0.682. The van der Waals surface area contributed by atoms with Crippen LogP contribution in [0.1, 0.15) is 46.5 Å². The number of unbranched alkanes of at least 4 members (excludes halogenated alkanes) is 1. The zero-order chi connectivity index (χ0) is 9.11. The molecule has 0 rings (SSSR count). The lowest BCUT2D eigenvalue weighted by Crippen LogP contribution is -1.93. The van der Waals surface area contributed by atoms with Crippen molar-refractivity contribution in [1.29, 1.82) is 0 Å². The van der Waals surface area contributed by atoms with Gasteiger partial charge in [0.2, 0.25) is 0 Å². The molecule has 0 saturated heterocycles. The van der Waals surface area contributed by atoms with E-state index in [9.17, 15) is 4.79 Å². The Hall–Kier alpha value is -0.370. The largest absolute Gasteiger partial charge is 0.330 e. The second-order valence-corrected chi connectivity index (χ2v) is 2.59. The van der Waals surface area contributed by atoms with Gasteiger partial charge in [-0.3, -0.25) is 0 Å². The molecule has 11 heavy (non-hydrogen) atoms. The van der Waals surface area contributed by atoms with Gasteiger partial charge in [0, 0.05) is 6.42 Å². The third-order valence-electron chi connectivity index (χ3n) is 1.17. The molecule has 0 saturated carbocycles. The lowest BCUT2D eigenvalue weighted by atomic mass is 10.2. The summed E-state index contributed by atoms with van der Waals surface area (Å²) in [4.78, 5) is 10.2. The highest BCUT2D eigenvalue weighted by atomic mass is 16.1. The molecule has 0 aliphatic rings. The van der Waals surface area contributed by atoms with Crippen LogP contribution in [0.3, 0.4) is 0 Å². The van der Waals surface area contributed by atoms with Crippen molar-refractivity contribution in [3.63, 3.8) is 0 Å². The predicted molar refractivity (Wildman–Crippen MR) is 49.6 cm³/mol. The molecule has 0 atom stereocenters. The zero-order valence-corrected chi connectivity index (χ0v) is 8.02. The average molecular weight is 159 g/mol. The molecule has 0 unspecified atom stereocenters. The molecule has 2 nitrogen and oxygen atoms in total. The summed E-state index contributed by atoms with van der Waals surface area (Å²) in [5.74, 6) is 0.307. The maximum Gasteiger partial charge on any atom is 0.129 e. The Morgan fingerprint density at radius 2 is 1.73 bits per heavy atom. The SMILES string of the molecule is CCCCC(C)=O.CCCN. The molecule has 0 aromatic heterocycles. The minimum Gasteiger partial charge on any atom is -0.330 e. The monoisotopic (exact) mass is 159 g/mol. The van der Waals surface area contributed by atoms with E-state index in [1.54, 1.807) is 6.92 Å². The number of hydrogen-bond donors (Lipinski definition) is 1. The summed E-state index contributed by atoms with van der Waals surface area (Å²) in [6.45, 7) is 6.60. The van der Waals surface area contributed by atoms with Gasteiger partial charge < -0.3 is 10.5 Å². The molecule has 0 amide bonds. The third kappa shape index (κ3) is 26.2. The average Bonchev–Trinajstić information content (AvgIpc) is 2.01. The van der Waals surface area contributed by atoms with E-state index >= 15 is 0 Å². The Labute approximate surface area is 70.2 Å². The molecule has 0 heterocycles. The highest BCUT2D eigenvalue weighted by molar-refractivity contribution is 5.75. The topological polar surface area (TPSA) is 43.1 Å². The van der Waals surface area contributed by atoms with Crippen molar-refractivity contribution >= 4 is 5.78 Å². The molecule has 0 aromatic rings. The van der Waals surface area contributed by atoms with E-state index in [4.69, 9.17) is 5.73 Å². The summed E-state index contributed by atoms with van der Waals surface area (Å²) in [7, 11) is 0. The van der Waals surface area contributed by atoms with Crippen molar-refractivity contribution in [2.45, 2.75) is 46.5 Å². The van der Waals surface area contributed by atoms with Gasteiger partial charge in [0.1, 0.15) is 5.78 Å². The molecule has 0 aliphatic heterocycles. The van der Waals surface area contributed by atoms with Crippen molar-refractivity contribution in [2.75, 3.05) is 6.54 Å². The lowest BCUT2D eigenvalue weighted by molar-refractivity contribution is -0.117. The van der Waals surface area contributed by atoms with Crippen LogP contribution in [0, 0.1) is 0 Å². The molecule has 0 bridgehead atoms. The van der Waals surface area contributed by atoms with Crippen molar-refractivity contribution in [3.8, 4) is 0 Å². The second-order valence-electron chi connectivity index (χ2n) is 2.59. The van der Waals surface area contributed by atoms with E-state index < -0.39 is 0 Å². The van der Waals surface area contributed by atoms with Gasteiger partial charge in [-0.25, -0.2) is 0 Å². The van der Waals surface area contributed by atoms with Crippen molar-refractivity contribution in [1.82, 2.24) is 0 Å². The molecule has 2 heteroatoms. The number of Topliss-reactive ketones (excluding diaryl/α,β-unsaturated/α-hetero) is 1. The van der Waals surface area contributed by atoms with Crippen LogP contribution in [0.25, 0.3) is 0 Å². The maximum absolute atomic E-state index is 10.2. The fourth-order valence-electron chi connectivity index (χ4n) is 0.426. The van der Waals surface area contributed by atoms with Gasteiger partial charge >= 0.3 is 0 Å². The van der Waals surface area contributed by atoms with Gasteiger partial charge in [-0.05, 0) is 26.3 Å². The first-order valence-electron chi connectivity index (χ1n) is 4.38. The number of nitrogens with two attached hydrogens (primary N) is 1. The summed E-state index contributed by atoms with van der Waals surface area (Å²) >= 11 is 0. The maximum atomic E-state index is 10.2. The second kappa shape index (κ2) is 12.3. The fourth-order valence-corrected chi connectivity index (χ4v) is 0.426. The first-order chi connectivity index (χ1) is 5.18. The number of carbonyl (C=O) groups excluding carboxylic acids is 1. The van der Waals surface area contributed by atoms with Crippen molar-refractivity contribution in [2.24, 2.45) is 5.73 Å². The molecule has 0 radical (unpaired) electrons. The molecule has 0 fully saturated rings. The van der Waals surface area contributed by atoms with Gasteiger partial charge in [-0.2, -0.15) is 0 Å². The molecule has 0 aromatic carbocycles. The molecular formula is C9H21NO. The molecule has 68 valence electrons. The van der Waals surface area contributed by atoms with Crippen LogP contribution < -0.4 is 5.73 Å². The van der Waals surface area contributed by atoms with Crippen molar-refractivity contribution < 1.29 is 4.79 Å². The van der Waals surface area contributed by atoms with Crippen LogP contribution in [0.2, 0.25) is 0 Å². The highest BCUT2D eigenvalue weighted by Crippen LogP contribution is 1.92. The minimum atomic E-state index is 0.307. The van der Waals surface area contributed by atoms with Gasteiger partial charge in [-0.1, -0.05) is 20.3 Å². The zero-order valence-electron chi connectivity index (χ0n) is 8.02. The Kier molecular flexibility index (Phi) is 14.8. The molecule has 0 aliphatic carbocycles. The summed E-state index contributed by atoms with van der Waals surface area (Å²) in [5.41, 5.74) is 5.03. The predicted octanol–water partition coefficient (Wildman–Crippen LogP) is 2.12. The van der Waals surface area contributed by atoms with Crippen LogP contribution in [0.4, 0.5) is 0 Å². The first kappa shape index (κ1) is 13.2. The summed E-state index contributed by atoms with van der Waals surface area (Å²) < 4.78 is 0. The summed E-state index contributed by atoms with van der Waals surface area (Å²) in [5, 5.41) is 0. The van der Waals surface area contributed by atoms with E-state index in [1.165, 1.54) is 0 Å². The molecular weight excluding hydrogens is 138 g/mol. The van der Waals surface area contributed by atoms with Crippen LogP contribution in [0.5, 0.6) is 0 Å². The normalized spacial score (nSPS) is 8.36. The number of carbonyl (C=O) groups is 1. The van der Waals surface area contributed by atoms with Gasteiger partial charge in [0.15, 0.2) is 0 Å². The smallest absolute Gasteiger partial charge is 0.129 e. The lowest BCUT2D eigenvalue weighted by Gasteiger charge is -1.86. The number of rotatable bonds is 4. The van der Waals surface area contributed by atoms with Crippen LogP contribution >= 0.6 is 0 Å². The Morgan fingerprint density at radius 3 is 1.82 bits per heavy atom. The van der Waals surface area contributed by atoms with E-state index in [0.29, 0.717) is 5.78 Å². The van der Waals surface area contributed by atoms with Crippen LogP contribution in [-0.2, 0) is 4.79 Å². The number of hydrogen-bond acceptors (Lipinski definition) is 2. The van der Waals surface area contributed by atoms with E-state index in [1.807, 2.05) is 0 Å².